The SMILES string of the molecule is CCC(C)(C)[C@@H]1CCc2c(sc(NC(=O)/C=C\c3ccc4c(c3)OCO4)c2C(=O)OC)C1. The number of fused-ring (bicyclic) bond motifs is 2. The molecule has 2 aliphatic rings. The number of benzene rings is 1. The van der Waals surface area contributed by atoms with E-state index in [9.17, 15) is 9.59 Å². The minimum absolute atomic E-state index is 0.207. The second-order valence-corrected chi connectivity index (χ2v) is 10.0. The van der Waals surface area contributed by atoms with Gasteiger partial charge in [0.2, 0.25) is 12.7 Å². The Hall–Kier alpha value is -2.80. The van der Waals surface area contributed by atoms with Crippen LogP contribution in [0, 0.1) is 11.3 Å². The van der Waals surface area contributed by atoms with Gasteiger partial charge in [0.1, 0.15) is 5.00 Å². The lowest BCUT2D eigenvalue weighted by Crippen LogP contribution is -2.28. The molecule has 170 valence electrons. The molecule has 1 aliphatic carbocycles. The zero-order chi connectivity index (χ0) is 22.9. The van der Waals surface area contributed by atoms with Gasteiger partial charge in [-0.05, 0) is 59.9 Å². The predicted molar refractivity (Wildman–Crippen MR) is 125 cm³/mol. The molecule has 0 saturated carbocycles. The zero-order valence-corrected chi connectivity index (χ0v) is 19.8. The summed E-state index contributed by atoms with van der Waals surface area (Å²) in [5, 5.41) is 3.48. The maximum absolute atomic E-state index is 12.7. The van der Waals surface area contributed by atoms with Crippen LogP contribution in [0.2, 0.25) is 0 Å². The first-order valence-electron chi connectivity index (χ1n) is 10.9. The molecule has 0 saturated heterocycles. The molecule has 2 heterocycles. The molecule has 1 aromatic heterocycles. The third kappa shape index (κ3) is 4.39. The number of anilines is 1. The van der Waals surface area contributed by atoms with E-state index in [4.69, 9.17) is 14.2 Å². The molecule has 7 heteroatoms. The van der Waals surface area contributed by atoms with Crippen LogP contribution in [0.25, 0.3) is 6.08 Å². The summed E-state index contributed by atoms with van der Waals surface area (Å²) in [5.74, 6) is 1.22. The summed E-state index contributed by atoms with van der Waals surface area (Å²) in [4.78, 5) is 26.4. The van der Waals surface area contributed by atoms with Crippen LogP contribution in [0.5, 0.6) is 11.5 Å². The summed E-state index contributed by atoms with van der Waals surface area (Å²) in [6.07, 6.45) is 7.06. The van der Waals surface area contributed by atoms with Crippen molar-refractivity contribution >= 4 is 34.3 Å². The molecule has 6 nitrogen and oxygen atoms in total. The summed E-state index contributed by atoms with van der Waals surface area (Å²) in [5.41, 5.74) is 2.60. The highest BCUT2D eigenvalue weighted by atomic mass is 32.1. The van der Waals surface area contributed by atoms with Crippen molar-refractivity contribution in [1.82, 2.24) is 0 Å². The molecular formula is C25H29NO5S. The van der Waals surface area contributed by atoms with Crippen molar-refractivity contribution in [1.29, 1.82) is 0 Å². The molecule has 0 unspecified atom stereocenters. The highest BCUT2D eigenvalue weighted by Crippen LogP contribution is 2.45. The second kappa shape index (κ2) is 8.98. The van der Waals surface area contributed by atoms with E-state index in [1.54, 1.807) is 6.08 Å². The van der Waals surface area contributed by atoms with Gasteiger partial charge < -0.3 is 19.5 Å². The molecule has 1 atom stereocenters. The van der Waals surface area contributed by atoms with Crippen LogP contribution in [0.1, 0.15) is 60.0 Å². The number of hydrogen-bond acceptors (Lipinski definition) is 6. The van der Waals surface area contributed by atoms with Crippen LogP contribution in [0.15, 0.2) is 24.3 Å². The van der Waals surface area contributed by atoms with Crippen LogP contribution in [0.4, 0.5) is 5.00 Å². The molecule has 1 amide bonds. The van der Waals surface area contributed by atoms with Crippen molar-refractivity contribution in [2.24, 2.45) is 11.3 Å². The maximum atomic E-state index is 12.7. The third-order valence-electron chi connectivity index (χ3n) is 6.73. The number of carbonyl (C=O) groups excluding carboxylic acids is 2. The monoisotopic (exact) mass is 455 g/mol. The Balaban J connectivity index is 1.54. The molecule has 0 fully saturated rings. The van der Waals surface area contributed by atoms with Gasteiger partial charge in [-0.3, -0.25) is 4.79 Å². The summed E-state index contributed by atoms with van der Waals surface area (Å²) in [6, 6.07) is 5.50. The first kappa shape index (κ1) is 22.4. The third-order valence-corrected chi connectivity index (χ3v) is 7.90. The van der Waals surface area contributed by atoms with Crippen LogP contribution in [0.3, 0.4) is 0 Å². The van der Waals surface area contributed by atoms with Gasteiger partial charge in [-0.25, -0.2) is 4.79 Å². The van der Waals surface area contributed by atoms with E-state index >= 15 is 0 Å². The quantitative estimate of drug-likeness (QED) is 0.463. The zero-order valence-electron chi connectivity index (χ0n) is 18.9. The van der Waals surface area contributed by atoms with Gasteiger partial charge in [0.05, 0.1) is 12.7 Å². The summed E-state index contributed by atoms with van der Waals surface area (Å²) in [7, 11) is 1.38. The van der Waals surface area contributed by atoms with E-state index in [-0.39, 0.29) is 18.1 Å². The molecule has 0 spiro atoms. The van der Waals surface area contributed by atoms with E-state index < -0.39 is 5.97 Å². The van der Waals surface area contributed by atoms with Gasteiger partial charge in [0.15, 0.2) is 11.5 Å². The van der Waals surface area contributed by atoms with Gasteiger partial charge in [-0.2, -0.15) is 0 Å². The molecule has 1 N–H and O–H groups in total. The minimum atomic E-state index is -0.397. The molecule has 1 aliphatic heterocycles. The summed E-state index contributed by atoms with van der Waals surface area (Å²) in [6.45, 7) is 7.04. The van der Waals surface area contributed by atoms with Gasteiger partial charge in [0, 0.05) is 11.0 Å². The Bertz CT molecular complexity index is 1070. The topological polar surface area (TPSA) is 73.9 Å². The van der Waals surface area contributed by atoms with Crippen LogP contribution in [-0.2, 0) is 22.4 Å². The number of carbonyl (C=O) groups is 2. The Morgan fingerprint density at radius 1 is 1.28 bits per heavy atom. The Labute approximate surface area is 192 Å². The molecule has 4 rings (SSSR count). The maximum Gasteiger partial charge on any atom is 0.341 e. The minimum Gasteiger partial charge on any atom is -0.465 e. The molecule has 32 heavy (non-hydrogen) atoms. The highest BCUT2D eigenvalue weighted by molar-refractivity contribution is 7.17. The van der Waals surface area contributed by atoms with E-state index in [1.165, 1.54) is 29.4 Å². The largest absolute Gasteiger partial charge is 0.465 e. The number of amides is 1. The van der Waals surface area contributed by atoms with Crippen molar-refractivity contribution in [3.63, 3.8) is 0 Å². The lowest BCUT2D eigenvalue weighted by molar-refractivity contribution is -0.111. The van der Waals surface area contributed by atoms with E-state index in [2.05, 4.69) is 26.1 Å². The fourth-order valence-corrected chi connectivity index (χ4v) is 5.61. The fourth-order valence-electron chi connectivity index (χ4n) is 4.29. The number of thiophene rings is 1. The Kier molecular flexibility index (Phi) is 6.29. The first-order valence-corrected chi connectivity index (χ1v) is 11.8. The fraction of sp³-hybridized carbons (Fsp3) is 0.440. The second-order valence-electron chi connectivity index (χ2n) is 8.92. The lowest BCUT2D eigenvalue weighted by atomic mass is 9.69. The van der Waals surface area contributed by atoms with Crippen molar-refractivity contribution in [3.05, 3.63) is 45.8 Å². The number of ether oxygens (including phenoxy) is 3. The van der Waals surface area contributed by atoms with Crippen LogP contribution < -0.4 is 14.8 Å². The molecule has 0 radical (unpaired) electrons. The standard InChI is InChI=1S/C25H29NO5S/c1-5-25(2,3)16-8-9-17-20(13-16)32-23(22(17)24(28)29-4)26-21(27)11-7-15-6-10-18-19(12-15)31-14-30-18/h6-7,10-12,16H,5,8-9,13-14H2,1-4H3,(H,26,27)/b11-7-/t16-/m1/s1. The van der Waals surface area contributed by atoms with E-state index in [0.717, 1.165) is 36.8 Å². The molecule has 0 bridgehead atoms. The van der Waals surface area contributed by atoms with Crippen LogP contribution >= 0.6 is 11.3 Å². The summed E-state index contributed by atoms with van der Waals surface area (Å²) < 4.78 is 15.7. The van der Waals surface area contributed by atoms with Crippen molar-refractivity contribution in [2.75, 3.05) is 19.2 Å². The molecule has 1 aromatic carbocycles. The van der Waals surface area contributed by atoms with Crippen molar-refractivity contribution < 1.29 is 23.8 Å². The average molecular weight is 456 g/mol. The van der Waals surface area contributed by atoms with E-state index in [0.29, 0.717) is 28.0 Å². The first-order chi connectivity index (χ1) is 15.3. The average Bonchev–Trinajstić information content (AvgIpc) is 3.40. The van der Waals surface area contributed by atoms with Crippen molar-refractivity contribution in [3.8, 4) is 11.5 Å². The highest BCUT2D eigenvalue weighted by Gasteiger charge is 2.35. The summed E-state index contributed by atoms with van der Waals surface area (Å²) >= 11 is 1.50. The lowest BCUT2D eigenvalue weighted by Gasteiger charge is -2.36. The number of hydrogen-bond donors (Lipinski definition) is 1. The number of methoxy groups -OCH3 is 1. The number of esters is 1. The van der Waals surface area contributed by atoms with E-state index in [1.807, 2.05) is 18.2 Å². The van der Waals surface area contributed by atoms with Crippen LogP contribution in [-0.4, -0.2) is 25.8 Å². The Morgan fingerprint density at radius 3 is 2.81 bits per heavy atom. The van der Waals surface area contributed by atoms with Crippen molar-refractivity contribution in [2.45, 2.75) is 46.5 Å². The number of nitrogens with one attached hydrogen (secondary N) is 1. The predicted octanol–water partition coefficient (Wildman–Crippen LogP) is 5.46. The Morgan fingerprint density at radius 2 is 2.06 bits per heavy atom. The van der Waals surface area contributed by atoms with Gasteiger partial charge in [-0.15, -0.1) is 11.3 Å². The van der Waals surface area contributed by atoms with Gasteiger partial charge in [0.25, 0.3) is 0 Å². The van der Waals surface area contributed by atoms with Gasteiger partial charge in [-0.1, -0.05) is 33.3 Å². The molecular weight excluding hydrogens is 426 g/mol. The normalized spacial score (nSPS) is 17.3. The number of rotatable bonds is 6. The smallest absolute Gasteiger partial charge is 0.341 e. The molecule has 2 aromatic rings. The van der Waals surface area contributed by atoms with Gasteiger partial charge >= 0.3 is 5.97 Å².